The van der Waals surface area contributed by atoms with Gasteiger partial charge in [0.2, 0.25) is 0 Å². The summed E-state index contributed by atoms with van der Waals surface area (Å²) in [4.78, 5) is 35.7. The highest BCUT2D eigenvalue weighted by molar-refractivity contribution is 6.01. The second kappa shape index (κ2) is 11.2. The van der Waals surface area contributed by atoms with Crippen LogP contribution in [0.3, 0.4) is 0 Å². The van der Waals surface area contributed by atoms with Crippen LogP contribution in [0.15, 0.2) is 77.9 Å². The summed E-state index contributed by atoms with van der Waals surface area (Å²) in [7, 11) is 0. The van der Waals surface area contributed by atoms with Crippen LogP contribution in [0.1, 0.15) is 38.8 Å². The molecular formula is C28H23N3O7. The van der Waals surface area contributed by atoms with Gasteiger partial charge in [-0.2, -0.15) is 5.10 Å². The Labute approximate surface area is 217 Å². The number of nitrogens with zero attached hydrogens (tertiary/aromatic N) is 2. The van der Waals surface area contributed by atoms with Crippen molar-refractivity contribution < 1.29 is 29.1 Å². The summed E-state index contributed by atoms with van der Waals surface area (Å²) in [6.07, 6.45) is 1.38. The van der Waals surface area contributed by atoms with Crippen molar-refractivity contribution >= 4 is 34.6 Å². The number of hydrogen-bond donors (Lipinski definition) is 2. The zero-order valence-electron chi connectivity index (χ0n) is 20.5. The molecule has 0 fully saturated rings. The summed E-state index contributed by atoms with van der Waals surface area (Å²) in [6, 6.07) is 19.1. The van der Waals surface area contributed by atoms with E-state index in [1.165, 1.54) is 43.5 Å². The van der Waals surface area contributed by atoms with E-state index in [1.54, 1.807) is 25.1 Å². The van der Waals surface area contributed by atoms with Gasteiger partial charge in [-0.25, -0.2) is 10.2 Å². The minimum Gasteiger partial charge on any atom is -0.507 e. The molecule has 4 aromatic rings. The highest BCUT2D eigenvalue weighted by atomic mass is 16.6. The molecule has 0 aliphatic carbocycles. The van der Waals surface area contributed by atoms with Crippen molar-refractivity contribution in [3.63, 3.8) is 0 Å². The van der Waals surface area contributed by atoms with Gasteiger partial charge in [-0.3, -0.25) is 14.9 Å². The van der Waals surface area contributed by atoms with E-state index >= 15 is 0 Å². The molecule has 0 radical (unpaired) electrons. The molecular weight excluding hydrogens is 490 g/mol. The summed E-state index contributed by atoms with van der Waals surface area (Å²) in [5.41, 5.74) is 3.41. The Hall–Kier alpha value is -5.25. The molecule has 0 aliphatic rings. The minimum absolute atomic E-state index is 0.0830. The number of benzene rings is 4. The number of carbonyl (C=O) groups is 2. The number of phenols is 1. The number of ether oxygens (including phenoxy) is 2. The zero-order valence-corrected chi connectivity index (χ0v) is 20.5. The Kier molecular flexibility index (Phi) is 7.62. The molecule has 0 spiro atoms. The molecule has 10 heteroatoms. The average molecular weight is 514 g/mol. The number of hydrogen-bond acceptors (Lipinski definition) is 8. The van der Waals surface area contributed by atoms with Crippen molar-refractivity contribution in [1.82, 2.24) is 5.43 Å². The van der Waals surface area contributed by atoms with Gasteiger partial charge >= 0.3 is 5.97 Å². The molecule has 0 unspecified atom stereocenters. The number of amides is 1. The largest absolute Gasteiger partial charge is 0.507 e. The summed E-state index contributed by atoms with van der Waals surface area (Å²) >= 11 is 0. The highest BCUT2D eigenvalue weighted by Crippen LogP contribution is 2.30. The zero-order chi connectivity index (χ0) is 27.2. The van der Waals surface area contributed by atoms with Crippen molar-refractivity contribution in [3.8, 4) is 17.2 Å². The van der Waals surface area contributed by atoms with E-state index in [0.29, 0.717) is 17.7 Å². The monoisotopic (exact) mass is 513 g/mol. The molecule has 4 aromatic carbocycles. The van der Waals surface area contributed by atoms with Gasteiger partial charge in [0.15, 0.2) is 11.5 Å². The third-order valence-electron chi connectivity index (χ3n) is 5.59. The standard InChI is InChI=1S/C28H23N3O7/c1-3-37-26-13-18(8-11-25(26)38-28(34)21-9-10-23(31(35)36)17(2)12-21)16-29-30-27(33)22-14-19-6-4-5-7-20(19)15-24(22)32/h4-16,32H,3H2,1-2H3,(H,30,33)/b29-16+. The normalized spacial score (nSPS) is 10.9. The lowest BCUT2D eigenvalue weighted by molar-refractivity contribution is -0.385. The molecule has 1 amide bonds. The van der Waals surface area contributed by atoms with E-state index in [2.05, 4.69) is 10.5 Å². The number of rotatable bonds is 8. The first kappa shape index (κ1) is 25.8. The van der Waals surface area contributed by atoms with Crippen molar-refractivity contribution in [2.45, 2.75) is 13.8 Å². The first-order valence-electron chi connectivity index (χ1n) is 11.6. The number of nitrogens with one attached hydrogen (secondary N) is 1. The van der Waals surface area contributed by atoms with E-state index in [1.807, 2.05) is 24.3 Å². The van der Waals surface area contributed by atoms with Crippen molar-refractivity contribution in [1.29, 1.82) is 0 Å². The van der Waals surface area contributed by atoms with E-state index in [-0.39, 0.29) is 34.1 Å². The number of aryl methyl sites for hydroxylation is 1. The van der Waals surface area contributed by atoms with Crippen LogP contribution in [0, 0.1) is 17.0 Å². The number of hydrazone groups is 1. The molecule has 192 valence electrons. The molecule has 0 aliphatic heterocycles. The fourth-order valence-corrected chi connectivity index (χ4v) is 3.74. The van der Waals surface area contributed by atoms with Crippen LogP contribution in [0.4, 0.5) is 5.69 Å². The maximum absolute atomic E-state index is 12.6. The van der Waals surface area contributed by atoms with Gasteiger partial charge < -0.3 is 14.6 Å². The fourth-order valence-electron chi connectivity index (χ4n) is 3.74. The Morgan fingerprint density at radius 2 is 1.76 bits per heavy atom. The van der Waals surface area contributed by atoms with Crippen LogP contribution in [-0.2, 0) is 0 Å². The lowest BCUT2D eigenvalue weighted by atomic mass is 10.1. The van der Waals surface area contributed by atoms with E-state index in [0.717, 1.165) is 10.8 Å². The number of nitro groups is 1. The highest BCUT2D eigenvalue weighted by Gasteiger charge is 2.17. The number of nitro benzene ring substituents is 1. The molecule has 2 N–H and O–H groups in total. The van der Waals surface area contributed by atoms with Crippen LogP contribution in [-0.4, -0.2) is 34.7 Å². The number of fused-ring (bicyclic) bond motifs is 1. The smallest absolute Gasteiger partial charge is 0.343 e. The van der Waals surface area contributed by atoms with E-state index < -0.39 is 16.8 Å². The van der Waals surface area contributed by atoms with Crippen molar-refractivity contribution in [2.75, 3.05) is 6.61 Å². The van der Waals surface area contributed by atoms with E-state index in [4.69, 9.17) is 9.47 Å². The minimum atomic E-state index is -0.701. The molecule has 0 atom stereocenters. The Balaban J connectivity index is 1.47. The lowest BCUT2D eigenvalue weighted by Gasteiger charge is -2.11. The summed E-state index contributed by atoms with van der Waals surface area (Å²) in [5, 5.41) is 26.8. The Morgan fingerprint density at radius 1 is 1.03 bits per heavy atom. The predicted molar refractivity (Wildman–Crippen MR) is 141 cm³/mol. The summed E-state index contributed by atoms with van der Waals surface area (Å²) in [5.74, 6) is -1.03. The van der Waals surface area contributed by atoms with Crippen LogP contribution in [0.2, 0.25) is 0 Å². The molecule has 0 heterocycles. The maximum Gasteiger partial charge on any atom is 0.343 e. The molecule has 0 bridgehead atoms. The second-order valence-corrected chi connectivity index (χ2v) is 8.20. The molecule has 10 nitrogen and oxygen atoms in total. The van der Waals surface area contributed by atoms with Gasteiger partial charge in [0.25, 0.3) is 11.6 Å². The maximum atomic E-state index is 12.6. The van der Waals surface area contributed by atoms with Gasteiger partial charge in [0.05, 0.1) is 28.9 Å². The van der Waals surface area contributed by atoms with Gasteiger partial charge in [0.1, 0.15) is 5.75 Å². The fraction of sp³-hybridized carbons (Fsp3) is 0.107. The number of carbonyl (C=O) groups excluding carboxylic acids is 2. The average Bonchev–Trinajstić information content (AvgIpc) is 2.89. The van der Waals surface area contributed by atoms with Gasteiger partial charge in [0, 0.05) is 11.6 Å². The molecule has 0 aromatic heterocycles. The van der Waals surface area contributed by atoms with Gasteiger partial charge in [-0.05, 0) is 72.6 Å². The van der Waals surface area contributed by atoms with Gasteiger partial charge in [-0.1, -0.05) is 24.3 Å². The van der Waals surface area contributed by atoms with Crippen LogP contribution >= 0.6 is 0 Å². The quantitative estimate of drug-likeness (QED) is 0.109. The number of aromatic hydroxyl groups is 1. The first-order chi connectivity index (χ1) is 18.3. The number of esters is 1. The van der Waals surface area contributed by atoms with Gasteiger partial charge in [-0.15, -0.1) is 0 Å². The predicted octanol–water partition coefficient (Wildman–Crippen LogP) is 5.14. The molecule has 38 heavy (non-hydrogen) atoms. The second-order valence-electron chi connectivity index (χ2n) is 8.20. The number of phenolic OH excluding ortho intramolecular Hbond substituents is 1. The van der Waals surface area contributed by atoms with Crippen LogP contribution < -0.4 is 14.9 Å². The lowest BCUT2D eigenvalue weighted by Crippen LogP contribution is -2.17. The van der Waals surface area contributed by atoms with Crippen molar-refractivity contribution in [3.05, 3.63) is 105 Å². The SMILES string of the molecule is CCOc1cc(/C=N/NC(=O)c2cc3ccccc3cc2O)ccc1OC(=O)c1ccc([N+](=O)[O-])c(C)c1. The molecule has 0 saturated carbocycles. The van der Waals surface area contributed by atoms with Crippen LogP contribution in [0.25, 0.3) is 10.8 Å². The third kappa shape index (κ3) is 5.76. The summed E-state index contributed by atoms with van der Waals surface area (Å²) in [6.45, 7) is 3.59. The van der Waals surface area contributed by atoms with Crippen LogP contribution in [0.5, 0.6) is 17.2 Å². The summed E-state index contributed by atoms with van der Waals surface area (Å²) < 4.78 is 11.1. The third-order valence-corrected chi connectivity index (χ3v) is 5.59. The van der Waals surface area contributed by atoms with Crippen molar-refractivity contribution in [2.24, 2.45) is 5.10 Å². The molecule has 4 rings (SSSR count). The Bertz CT molecular complexity index is 1580. The van der Waals surface area contributed by atoms with E-state index in [9.17, 15) is 24.8 Å². The topological polar surface area (TPSA) is 140 Å². The first-order valence-corrected chi connectivity index (χ1v) is 11.6. The Morgan fingerprint density at radius 3 is 2.45 bits per heavy atom. The molecule has 0 saturated heterocycles.